The topological polar surface area (TPSA) is 46.3 Å². The second kappa shape index (κ2) is 5.48. The molecule has 0 spiro atoms. The van der Waals surface area contributed by atoms with Crippen molar-refractivity contribution in [2.24, 2.45) is 17.6 Å². The fourth-order valence-electron chi connectivity index (χ4n) is 2.64. The van der Waals surface area contributed by atoms with Crippen LogP contribution >= 0.6 is 0 Å². The summed E-state index contributed by atoms with van der Waals surface area (Å²) >= 11 is 0. The van der Waals surface area contributed by atoms with E-state index in [-0.39, 0.29) is 0 Å². The molecule has 0 bridgehead atoms. The maximum absolute atomic E-state index is 12.0. The first-order valence-corrected chi connectivity index (χ1v) is 6.44. The summed E-state index contributed by atoms with van der Waals surface area (Å²) in [7, 11) is 0. The Morgan fingerprint density at radius 1 is 1.31 bits per heavy atom. The minimum absolute atomic E-state index is 0.340. The Morgan fingerprint density at radius 2 is 2.06 bits per heavy atom. The Labute approximate surface area is 97.7 Å². The van der Waals surface area contributed by atoms with E-state index < -0.39 is 0 Å². The Hall–Kier alpha value is -0.830. The smallest absolute Gasteiger partial charge is 0.223 e. The van der Waals surface area contributed by atoms with Crippen LogP contribution in [0.2, 0.25) is 0 Å². The van der Waals surface area contributed by atoms with E-state index in [4.69, 9.17) is 5.73 Å². The third-order valence-electron chi connectivity index (χ3n) is 3.85. The molecule has 3 nitrogen and oxygen atoms in total. The minimum Gasteiger partial charge on any atom is -0.343 e. The number of carbonyl (C=O) groups excluding carboxylic acids is 1. The van der Waals surface area contributed by atoms with E-state index in [1.165, 1.54) is 0 Å². The van der Waals surface area contributed by atoms with Crippen LogP contribution in [0.4, 0.5) is 0 Å². The molecule has 1 atom stereocenters. The van der Waals surface area contributed by atoms with Crippen LogP contribution in [0.15, 0.2) is 12.2 Å². The molecule has 1 aliphatic heterocycles. The maximum Gasteiger partial charge on any atom is 0.223 e. The largest absolute Gasteiger partial charge is 0.343 e. The van der Waals surface area contributed by atoms with Crippen molar-refractivity contribution in [1.82, 2.24) is 4.90 Å². The van der Waals surface area contributed by atoms with Crippen LogP contribution in [0.1, 0.15) is 32.1 Å². The van der Waals surface area contributed by atoms with E-state index in [1.807, 2.05) is 4.90 Å². The van der Waals surface area contributed by atoms with E-state index in [0.29, 0.717) is 24.2 Å². The predicted molar refractivity (Wildman–Crippen MR) is 64.8 cm³/mol. The van der Waals surface area contributed by atoms with Crippen LogP contribution in [-0.4, -0.2) is 30.4 Å². The molecule has 90 valence electrons. The highest BCUT2D eigenvalue weighted by Crippen LogP contribution is 2.23. The number of nitrogens with two attached hydrogens (primary N) is 1. The van der Waals surface area contributed by atoms with Crippen molar-refractivity contribution in [2.75, 3.05) is 19.6 Å². The van der Waals surface area contributed by atoms with Gasteiger partial charge in [-0.05, 0) is 44.1 Å². The molecule has 1 amide bonds. The third kappa shape index (κ3) is 2.85. The molecule has 1 fully saturated rings. The molecule has 1 heterocycles. The molecule has 2 aliphatic rings. The summed E-state index contributed by atoms with van der Waals surface area (Å²) in [6.07, 6.45) is 9.58. The zero-order valence-electron chi connectivity index (χ0n) is 9.90. The van der Waals surface area contributed by atoms with Gasteiger partial charge in [-0.15, -0.1) is 0 Å². The van der Waals surface area contributed by atoms with Gasteiger partial charge in [0, 0.05) is 19.5 Å². The first-order chi connectivity index (χ1) is 7.79. The molecule has 0 saturated carbocycles. The van der Waals surface area contributed by atoms with Gasteiger partial charge in [0.2, 0.25) is 5.91 Å². The van der Waals surface area contributed by atoms with Gasteiger partial charge in [-0.25, -0.2) is 0 Å². The van der Waals surface area contributed by atoms with E-state index in [9.17, 15) is 4.79 Å². The molecule has 2 rings (SSSR count). The predicted octanol–water partition coefficient (Wildman–Crippen LogP) is 1.54. The highest BCUT2D eigenvalue weighted by Gasteiger charge is 2.23. The van der Waals surface area contributed by atoms with Gasteiger partial charge < -0.3 is 10.6 Å². The van der Waals surface area contributed by atoms with Crippen molar-refractivity contribution in [3.63, 3.8) is 0 Å². The van der Waals surface area contributed by atoms with Crippen LogP contribution in [0.5, 0.6) is 0 Å². The van der Waals surface area contributed by atoms with Crippen LogP contribution in [0.25, 0.3) is 0 Å². The summed E-state index contributed by atoms with van der Waals surface area (Å²) in [5.41, 5.74) is 5.64. The second-order valence-corrected chi connectivity index (χ2v) is 5.03. The number of likely N-dealkylation sites (tertiary alicyclic amines) is 1. The van der Waals surface area contributed by atoms with Crippen LogP contribution in [0, 0.1) is 11.8 Å². The highest BCUT2D eigenvalue weighted by molar-refractivity contribution is 5.76. The van der Waals surface area contributed by atoms with Crippen molar-refractivity contribution in [2.45, 2.75) is 32.1 Å². The van der Waals surface area contributed by atoms with E-state index in [0.717, 1.165) is 45.3 Å². The summed E-state index contributed by atoms with van der Waals surface area (Å²) in [4.78, 5) is 14.0. The fourth-order valence-corrected chi connectivity index (χ4v) is 2.64. The van der Waals surface area contributed by atoms with Crippen molar-refractivity contribution in [3.05, 3.63) is 12.2 Å². The molecule has 0 aromatic heterocycles. The highest BCUT2D eigenvalue weighted by atomic mass is 16.2. The molecule has 16 heavy (non-hydrogen) atoms. The van der Waals surface area contributed by atoms with Gasteiger partial charge in [0.25, 0.3) is 0 Å². The van der Waals surface area contributed by atoms with Gasteiger partial charge in [-0.3, -0.25) is 4.79 Å². The van der Waals surface area contributed by atoms with Gasteiger partial charge in [0.15, 0.2) is 0 Å². The standard InChI is InChI=1S/C13H22N2O/c14-10-12-5-7-15(8-6-12)13(16)9-11-3-1-2-4-11/h1,3,11-12H,2,4-10,14H2. The second-order valence-electron chi connectivity index (χ2n) is 5.03. The summed E-state index contributed by atoms with van der Waals surface area (Å²) in [6.45, 7) is 2.60. The molecule has 2 N–H and O–H groups in total. The van der Waals surface area contributed by atoms with Crippen molar-refractivity contribution >= 4 is 5.91 Å². The number of carbonyl (C=O) groups is 1. The summed E-state index contributed by atoms with van der Waals surface area (Å²) < 4.78 is 0. The fraction of sp³-hybridized carbons (Fsp3) is 0.769. The number of hydrogen-bond donors (Lipinski definition) is 1. The molecular formula is C13H22N2O. The lowest BCUT2D eigenvalue weighted by molar-refractivity contribution is -0.133. The number of piperidine rings is 1. The SMILES string of the molecule is NCC1CCN(C(=O)CC2C=CCC2)CC1. The van der Waals surface area contributed by atoms with Gasteiger partial charge >= 0.3 is 0 Å². The molecule has 1 unspecified atom stereocenters. The van der Waals surface area contributed by atoms with Gasteiger partial charge in [0.1, 0.15) is 0 Å². The van der Waals surface area contributed by atoms with E-state index in [1.54, 1.807) is 0 Å². The zero-order chi connectivity index (χ0) is 11.4. The molecule has 0 radical (unpaired) electrons. The number of nitrogens with zero attached hydrogens (tertiary/aromatic N) is 1. The average Bonchev–Trinajstić information content (AvgIpc) is 2.82. The maximum atomic E-state index is 12.0. The van der Waals surface area contributed by atoms with Crippen LogP contribution in [0.3, 0.4) is 0 Å². The molecule has 1 saturated heterocycles. The minimum atomic E-state index is 0.340. The van der Waals surface area contributed by atoms with Gasteiger partial charge in [0.05, 0.1) is 0 Å². The van der Waals surface area contributed by atoms with Crippen molar-refractivity contribution < 1.29 is 4.79 Å². The Balaban J connectivity index is 1.75. The van der Waals surface area contributed by atoms with Crippen LogP contribution < -0.4 is 5.73 Å². The molecule has 0 aromatic carbocycles. The van der Waals surface area contributed by atoms with E-state index in [2.05, 4.69) is 12.2 Å². The Kier molecular flexibility index (Phi) is 3.99. The first kappa shape index (κ1) is 11.6. The molecule has 0 aromatic rings. The number of amides is 1. The summed E-state index contributed by atoms with van der Waals surface area (Å²) in [5, 5.41) is 0. The van der Waals surface area contributed by atoms with Gasteiger partial charge in [-0.2, -0.15) is 0 Å². The lowest BCUT2D eigenvalue weighted by Gasteiger charge is -2.32. The number of hydrogen-bond acceptors (Lipinski definition) is 2. The quantitative estimate of drug-likeness (QED) is 0.736. The number of rotatable bonds is 3. The monoisotopic (exact) mass is 222 g/mol. The first-order valence-electron chi connectivity index (χ1n) is 6.44. The molecular weight excluding hydrogens is 200 g/mol. The van der Waals surface area contributed by atoms with Crippen LogP contribution in [-0.2, 0) is 4.79 Å². The lowest BCUT2D eigenvalue weighted by Crippen LogP contribution is -2.40. The Morgan fingerprint density at radius 3 is 2.62 bits per heavy atom. The van der Waals surface area contributed by atoms with Crippen molar-refractivity contribution in [1.29, 1.82) is 0 Å². The average molecular weight is 222 g/mol. The number of allylic oxidation sites excluding steroid dienone is 2. The molecule has 3 heteroatoms. The van der Waals surface area contributed by atoms with E-state index >= 15 is 0 Å². The third-order valence-corrected chi connectivity index (χ3v) is 3.85. The Bertz CT molecular complexity index is 267. The lowest BCUT2D eigenvalue weighted by atomic mass is 9.96. The normalized spacial score (nSPS) is 26.3. The van der Waals surface area contributed by atoms with Crippen molar-refractivity contribution in [3.8, 4) is 0 Å². The molecule has 1 aliphatic carbocycles. The summed E-state index contributed by atoms with van der Waals surface area (Å²) in [6, 6.07) is 0. The zero-order valence-corrected chi connectivity index (χ0v) is 9.90. The summed E-state index contributed by atoms with van der Waals surface area (Å²) in [5.74, 6) is 1.47. The van der Waals surface area contributed by atoms with Gasteiger partial charge in [-0.1, -0.05) is 12.2 Å².